The van der Waals surface area contributed by atoms with E-state index in [0.717, 1.165) is 173 Å². The van der Waals surface area contributed by atoms with Crippen molar-refractivity contribution in [3.8, 4) is 0 Å². The molecule has 0 rings (SSSR count). The fourth-order valence-corrected chi connectivity index (χ4v) is 12.2. The number of hydrogen-bond donors (Lipinski definition) is 4. The maximum Gasteiger partial charge on any atom is 0.472 e. The molecule has 5 unspecified atom stereocenters. The molecule has 18 heteroatoms. The SMILES string of the molecule is CC/C=C\C/C=C\C/C=C\C/C=C\C/C=C\CCCCCCCCCC(=O)OCC(COP(=O)(O)OCC(O)COP(=O)(O)OCC(O)COC(=O)CCCCCCCCCCCCCCC/C=C\C/C=C\C/C=C\C/C=C\CCCCC)OC(=O)CCCCCC/C=C\C/C=C\C/C=C\C/C=C\CC. The Kier molecular flexibility index (Phi) is 75.1. The van der Waals surface area contributed by atoms with Crippen LogP contribution in [0.25, 0.3) is 0 Å². The molecular weight excluding hydrogens is 1360 g/mol. The Hall–Kier alpha value is -4.83. The van der Waals surface area contributed by atoms with Crippen molar-refractivity contribution >= 4 is 33.6 Å². The van der Waals surface area contributed by atoms with Crippen LogP contribution in [-0.2, 0) is 55.8 Å². The van der Waals surface area contributed by atoms with Crippen LogP contribution in [0.5, 0.6) is 0 Å². The molecule has 0 bridgehead atoms. The van der Waals surface area contributed by atoms with Gasteiger partial charge in [0.1, 0.15) is 25.4 Å². The molecule has 105 heavy (non-hydrogen) atoms. The minimum absolute atomic E-state index is 0.0688. The molecule has 0 aliphatic rings. The van der Waals surface area contributed by atoms with Gasteiger partial charge in [0.15, 0.2) is 6.10 Å². The van der Waals surface area contributed by atoms with E-state index in [2.05, 4.69) is 179 Å². The average molecular weight is 1510 g/mol. The molecule has 16 nitrogen and oxygen atoms in total. The molecule has 0 aromatic carbocycles. The van der Waals surface area contributed by atoms with E-state index in [-0.39, 0.29) is 19.3 Å². The summed E-state index contributed by atoms with van der Waals surface area (Å²) in [6.45, 7) is 2.39. The molecule has 5 atom stereocenters. The van der Waals surface area contributed by atoms with E-state index in [1.165, 1.54) is 83.5 Å². The highest BCUT2D eigenvalue weighted by Crippen LogP contribution is 2.45. The second-order valence-electron chi connectivity index (χ2n) is 26.8. The molecule has 0 amide bonds. The lowest BCUT2D eigenvalue weighted by molar-refractivity contribution is -0.161. The smallest absolute Gasteiger partial charge is 0.463 e. The van der Waals surface area contributed by atoms with Crippen LogP contribution in [-0.4, -0.2) is 95.9 Å². The number of unbranched alkanes of at least 4 members (excludes halogenated alkanes) is 27. The number of esters is 3. The van der Waals surface area contributed by atoms with Gasteiger partial charge < -0.3 is 34.2 Å². The Morgan fingerprint density at radius 1 is 0.276 bits per heavy atom. The summed E-state index contributed by atoms with van der Waals surface area (Å²) in [7, 11) is -9.81. The molecule has 0 fully saturated rings. The number of aliphatic hydroxyl groups excluding tert-OH is 2. The number of aliphatic hydroxyl groups is 2. The van der Waals surface area contributed by atoms with Crippen LogP contribution in [0.3, 0.4) is 0 Å². The number of ether oxygens (including phenoxy) is 3. The van der Waals surface area contributed by atoms with E-state index in [1.807, 2.05) is 0 Å². The van der Waals surface area contributed by atoms with E-state index >= 15 is 0 Å². The van der Waals surface area contributed by atoms with E-state index in [4.69, 9.17) is 32.3 Å². The predicted molar refractivity (Wildman–Crippen MR) is 435 cm³/mol. The highest BCUT2D eigenvalue weighted by atomic mass is 31.2. The number of phosphoric acid groups is 2. The van der Waals surface area contributed by atoms with Gasteiger partial charge in [-0.05, 0) is 148 Å². The summed E-state index contributed by atoms with van der Waals surface area (Å²) in [4.78, 5) is 58.7. The van der Waals surface area contributed by atoms with Crippen molar-refractivity contribution in [2.24, 2.45) is 0 Å². The van der Waals surface area contributed by atoms with Crippen LogP contribution < -0.4 is 0 Å². The van der Waals surface area contributed by atoms with Crippen LogP contribution in [0.2, 0.25) is 0 Å². The van der Waals surface area contributed by atoms with Crippen LogP contribution in [0.15, 0.2) is 158 Å². The fraction of sp³-hybridized carbons (Fsp3) is 0.667. The number of hydrogen-bond acceptors (Lipinski definition) is 14. The summed E-state index contributed by atoms with van der Waals surface area (Å²) >= 11 is 0. The van der Waals surface area contributed by atoms with Gasteiger partial charge in [-0.25, -0.2) is 9.13 Å². The Balaban J connectivity index is 4.60. The van der Waals surface area contributed by atoms with Crippen molar-refractivity contribution in [2.45, 2.75) is 334 Å². The lowest BCUT2D eigenvalue weighted by atomic mass is 10.0. The minimum Gasteiger partial charge on any atom is -0.463 e. The van der Waals surface area contributed by atoms with Crippen molar-refractivity contribution in [3.05, 3.63) is 158 Å². The second kappa shape index (κ2) is 78.7. The molecule has 0 aliphatic carbocycles. The maximum absolute atomic E-state index is 13.0. The summed E-state index contributed by atoms with van der Waals surface area (Å²) in [6.07, 6.45) is 98.6. The maximum atomic E-state index is 13.0. The van der Waals surface area contributed by atoms with Crippen molar-refractivity contribution in [1.29, 1.82) is 0 Å². The highest BCUT2D eigenvalue weighted by molar-refractivity contribution is 7.47. The molecule has 0 saturated carbocycles. The van der Waals surface area contributed by atoms with Crippen LogP contribution >= 0.6 is 15.6 Å². The zero-order valence-electron chi connectivity index (χ0n) is 65.6. The van der Waals surface area contributed by atoms with E-state index < -0.39 is 91.5 Å². The first-order valence-corrected chi connectivity index (χ1v) is 43.8. The zero-order valence-corrected chi connectivity index (χ0v) is 67.4. The number of rotatable bonds is 76. The first-order chi connectivity index (χ1) is 51.2. The normalized spacial score (nSPS) is 14.8. The van der Waals surface area contributed by atoms with Crippen molar-refractivity contribution < 1.29 is 75.8 Å². The van der Waals surface area contributed by atoms with Gasteiger partial charge in [0.2, 0.25) is 0 Å². The molecule has 0 aromatic rings. The van der Waals surface area contributed by atoms with Gasteiger partial charge in [0, 0.05) is 19.3 Å². The molecule has 0 heterocycles. The number of carbonyl (C=O) groups excluding carboxylic acids is 3. The number of carbonyl (C=O) groups is 3. The zero-order chi connectivity index (χ0) is 76.6. The molecule has 0 aromatic heterocycles. The van der Waals surface area contributed by atoms with Gasteiger partial charge in [-0.2, -0.15) is 0 Å². The van der Waals surface area contributed by atoms with Crippen molar-refractivity contribution in [2.75, 3.05) is 39.6 Å². The third-order valence-electron chi connectivity index (χ3n) is 16.7. The predicted octanol–water partition coefficient (Wildman–Crippen LogP) is 24.2. The Bertz CT molecular complexity index is 2540. The van der Waals surface area contributed by atoms with Gasteiger partial charge in [-0.3, -0.25) is 32.5 Å². The van der Waals surface area contributed by atoms with Crippen molar-refractivity contribution in [3.63, 3.8) is 0 Å². The summed E-state index contributed by atoms with van der Waals surface area (Å²) in [6, 6.07) is 0. The molecule has 0 spiro atoms. The topological polar surface area (TPSA) is 231 Å². The molecule has 600 valence electrons. The third-order valence-corrected chi connectivity index (χ3v) is 18.6. The van der Waals surface area contributed by atoms with Gasteiger partial charge in [0.25, 0.3) is 0 Å². The van der Waals surface area contributed by atoms with Gasteiger partial charge in [-0.15, -0.1) is 0 Å². The highest BCUT2D eigenvalue weighted by Gasteiger charge is 2.29. The Labute approximate surface area is 638 Å². The molecule has 4 N–H and O–H groups in total. The van der Waals surface area contributed by atoms with E-state index in [0.29, 0.717) is 19.3 Å². The summed E-state index contributed by atoms with van der Waals surface area (Å²) in [5.41, 5.74) is 0. The van der Waals surface area contributed by atoms with E-state index in [1.54, 1.807) is 0 Å². The van der Waals surface area contributed by atoms with Gasteiger partial charge in [0.05, 0.1) is 26.4 Å². The van der Waals surface area contributed by atoms with E-state index in [9.17, 15) is 43.5 Å². The second-order valence-corrected chi connectivity index (χ2v) is 29.7. The lowest BCUT2D eigenvalue weighted by Gasteiger charge is -2.21. The average Bonchev–Trinajstić information content (AvgIpc) is 0.913. The third kappa shape index (κ3) is 80.0. The Morgan fingerprint density at radius 3 is 0.800 bits per heavy atom. The largest absolute Gasteiger partial charge is 0.472 e. The molecule has 0 aliphatic heterocycles. The number of allylic oxidation sites excluding steroid dienone is 26. The monoisotopic (exact) mass is 1510 g/mol. The summed E-state index contributed by atoms with van der Waals surface area (Å²) < 4.78 is 61.2. The standard InChI is InChI=1S/C87H146O16P2/c1-4-7-10-13-16-19-22-25-28-31-33-35-37-38-39-40-41-42-44-46-47-50-52-55-58-61-64-67-70-73-85(90)97-76-82(88)77-99-104(93,94)100-78-83(89)79-101-105(95,96)102-81-84(103-87(92)75-72-69-66-63-60-57-54-49-30-27-24-21-18-15-12-9-6-3)80-98-86(91)74-71-68-65-62-59-56-53-51-48-45-43-36-34-32-29-26-23-20-17-14-11-8-5-2/h8-9,11-12,16-21,25-30,33-36,38-39,45,48,54,57,82-84,88-89H,4-7,10,13-15,22-24,31-32,37,40-44,46-47,49-53,55-56,58-81H2,1-3H3,(H,93,94)(H,95,96)/b11-8-,12-9-,19-16-,20-17-,21-18-,28-25-,29-26-,30-27-,35-33-,36-34-,39-38-,48-45-,57-54-. The molecular formula is C87H146O16P2. The minimum atomic E-state index is -4.95. The molecule has 0 saturated heterocycles. The fourth-order valence-electron chi connectivity index (χ4n) is 10.6. The van der Waals surface area contributed by atoms with Crippen LogP contribution in [0.4, 0.5) is 0 Å². The lowest BCUT2D eigenvalue weighted by Crippen LogP contribution is -2.30. The first kappa shape index (κ1) is 100. The van der Waals surface area contributed by atoms with Gasteiger partial charge >= 0.3 is 33.6 Å². The molecule has 0 radical (unpaired) electrons. The van der Waals surface area contributed by atoms with Gasteiger partial charge in [-0.1, -0.05) is 307 Å². The van der Waals surface area contributed by atoms with Crippen LogP contribution in [0.1, 0.15) is 316 Å². The van der Waals surface area contributed by atoms with Crippen molar-refractivity contribution in [1.82, 2.24) is 0 Å². The van der Waals surface area contributed by atoms with Crippen LogP contribution in [0, 0.1) is 0 Å². The Morgan fingerprint density at radius 2 is 0.505 bits per heavy atom. The summed E-state index contributed by atoms with van der Waals surface area (Å²) in [5.74, 6) is -1.62. The summed E-state index contributed by atoms with van der Waals surface area (Å²) in [5, 5.41) is 20.7. The first-order valence-electron chi connectivity index (χ1n) is 40.8. The quantitative estimate of drug-likeness (QED) is 0.0146. The number of phosphoric ester groups is 2.